The number of rotatable bonds is 3. The number of fused-ring (bicyclic) bond motifs is 1. The minimum absolute atomic E-state index is 0.0243. The maximum absolute atomic E-state index is 13.3. The van der Waals surface area contributed by atoms with Gasteiger partial charge in [-0.25, -0.2) is 4.39 Å². The zero-order valence-electron chi connectivity index (χ0n) is 16.3. The molecule has 1 fully saturated rings. The number of halogens is 1. The highest BCUT2D eigenvalue weighted by Crippen LogP contribution is 2.25. The summed E-state index contributed by atoms with van der Waals surface area (Å²) in [6.45, 7) is 7.50. The molecule has 0 spiro atoms. The number of amides is 1. The van der Waals surface area contributed by atoms with E-state index in [9.17, 15) is 9.18 Å². The maximum atomic E-state index is 13.3. The van der Waals surface area contributed by atoms with E-state index in [0.717, 1.165) is 17.8 Å². The van der Waals surface area contributed by atoms with Gasteiger partial charge in [0.05, 0.1) is 17.8 Å². The van der Waals surface area contributed by atoms with Crippen LogP contribution in [-0.4, -0.2) is 61.8 Å². The lowest BCUT2D eigenvalue weighted by atomic mass is 9.96. The van der Waals surface area contributed by atoms with Crippen LogP contribution in [0.2, 0.25) is 0 Å². The van der Waals surface area contributed by atoms with E-state index in [1.807, 2.05) is 12.1 Å². The number of pyridine rings is 1. The Hall–Kier alpha value is -3.10. The van der Waals surface area contributed by atoms with Gasteiger partial charge in [-0.2, -0.15) is 4.52 Å². The van der Waals surface area contributed by atoms with Crippen molar-refractivity contribution in [3.8, 4) is 0 Å². The molecule has 3 aromatic rings. The average molecular weight is 383 g/mol. The second kappa shape index (κ2) is 6.50. The van der Waals surface area contributed by atoms with E-state index in [-0.39, 0.29) is 22.9 Å². The predicted octanol–water partition coefficient (Wildman–Crippen LogP) is 1.92. The summed E-state index contributed by atoms with van der Waals surface area (Å²) in [5, 5.41) is 13.1. The highest BCUT2D eigenvalue weighted by Gasteiger charge is 2.34. The van der Waals surface area contributed by atoms with Gasteiger partial charge in [0.15, 0.2) is 11.5 Å². The molecule has 1 aliphatic rings. The number of hydrogen-bond donors (Lipinski definition) is 0. The van der Waals surface area contributed by atoms with Crippen LogP contribution < -0.4 is 4.90 Å². The van der Waals surface area contributed by atoms with E-state index in [4.69, 9.17) is 0 Å². The lowest BCUT2D eigenvalue weighted by molar-refractivity contribution is 0.0704. The third kappa shape index (κ3) is 3.17. The number of nitrogens with zero attached hydrogens (tertiary/aromatic N) is 7. The predicted molar refractivity (Wildman–Crippen MR) is 102 cm³/mol. The van der Waals surface area contributed by atoms with Gasteiger partial charge in [-0.15, -0.1) is 15.3 Å². The molecule has 1 saturated heterocycles. The molecule has 0 unspecified atom stereocenters. The Morgan fingerprint density at radius 2 is 1.96 bits per heavy atom. The summed E-state index contributed by atoms with van der Waals surface area (Å²) in [4.78, 5) is 20.0. The summed E-state index contributed by atoms with van der Waals surface area (Å²) in [6, 6.07) is 5.03. The number of aromatic nitrogens is 5. The minimum atomic E-state index is -0.518. The van der Waals surface area contributed by atoms with Crippen molar-refractivity contribution in [1.82, 2.24) is 29.7 Å². The van der Waals surface area contributed by atoms with Gasteiger partial charge >= 0.3 is 0 Å². The summed E-state index contributed by atoms with van der Waals surface area (Å²) in [5.41, 5.74) is 0.783. The molecule has 8 nitrogen and oxygen atoms in total. The van der Waals surface area contributed by atoms with Crippen molar-refractivity contribution in [2.75, 3.05) is 25.0 Å². The summed E-state index contributed by atoms with van der Waals surface area (Å²) in [7, 11) is 1.73. The van der Waals surface area contributed by atoms with E-state index in [0.29, 0.717) is 18.7 Å². The number of carbonyl (C=O) groups is 1. The highest BCUT2D eigenvalue weighted by atomic mass is 19.1. The Morgan fingerprint density at radius 3 is 2.64 bits per heavy atom. The van der Waals surface area contributed by atoms with E-state index >= 15 is 0 Å². The molecule has 0 saturated carbocycles. The molecule has 0 aliphatic carbocycles. The number of carbonyl (C=O) groups excluding carboxylic acids is 1. The van der Waals surface area contributed by atoms with Crippen LogP contribution in [-0.2, 0) is 5.41 Å². The fourth-order valence-electron chi connectivity index (χ4n) is 3.20. The van der Waals surface area contributed by atoms with Crippen LogP contribution in [0.5, 0.6) is 0 Å². The molecule has 0 bridgehead atoms. The Morgan fingerprint density at radius 1 is 1.21 bits per heavy atom. The SMILES string of the molecule is CN(C(=O)c1cncc(F)c1)C1CN(c2ccc3nnc(C(C)(C)C)n3n2)C1. The monoisotopic (exact) mass is 383 g/mol. The first kappa shape index (κ1) is 18.3. The fraction of sp³-hybridized carbons (Fsp3) is 0.421. The summed E-state index contributed by atoms with van der Waals surface area (Å²) in [6.07, 6.45) is 2.47. The van der Waals surface area contributed by atoms with Gasteiger partial charge in [0, 0.05) is 31.7 Å². The van der Waals surface area contributed by atoms with Crippen molar-refractivity contribution in [3.63, 3.8) is 0 Å². The first-order chi connectivity index (χ1) is 13.2. The van der Waals surface area contributed by atoms with Crippen molar-refractivity contribution < 1.29 is 9.18 Å². The molecule has 4 rings (SSSR count). The van der Waals surface area contributed by atoms with Gasteiger partial charge < -0.3 is 9.80 Å². The largest absolute Gasteiger partial charge is 0.351 e. The average Bonchev–Trinajstić information content (AvgIpc) is 3.03. The van der Waals surface area contributed by atoms with E-state index < -0.39 is 5.82 Å². The van der Waals surface area contributed by atoms with Crippen LogP contribution in [0.1, 0.15) is 37.0 Å². The Balaban J connectivity index is 1.48. The van der Waals surface area contributed by atoms with Crippen molar-refractivity contribution in [3.05, 3.63) is 47.8 Å². The van der Waals surface area contributed by atoms with Gasteiger partial charge in [0.2, 0.25) is 0 Å². The maximum Gasteiger partial charge on any atom is 0.255 e. The van der Waals surface area contributed by atoms with Crippen LogP contribution in [0, 0.1) is 5.82 Å². The Bertz CT molecular complexity index is 1040. The van der Waals surface area contributed by atoms with E-state index in [2.05, 4.69) is 46.0 Å². The lowest BCUT2D eigenvalue weighted by Crippen LogP contribution is -2.60. The quantitative estimate of drug-likeness (QED) is 0.688. The topological polar surface area (TPSA) is 79.5 Å². The van der Waals surface area contributed by atoms with Crippen molar-refractivity contribution in [2.45, 2.75) is 32.2 Å². The second-order valence-corrected chi connectivity index (χ2v) is 8.10. The van der Waals surface area contributed by atoms with Gasteiger partial charge in [0.25, 0.3) is 5.91 Å². The Kier molecular flexibility index (Phi) is 4.24. The first-order valence-electron chi connectivity index (χ1n) is 9.09. The minimum Gasteiger partial charge on any atom is -0.351 e. The fourth-order valence-corrected chi connectivity index (χ4v) is 3.20. The summed E-state index contributed by atoms with van der Waals surface area (Å²) < 4.78 is 15.1. The van der Waals surface area contributed by atoms with Gasteiger partial charge in [-0.05, 0) is 18.2 Å². The number of anilines is 1. The van der Waals surface area contributed by atoms with Crippen LogP contribution in [0.3, 0.4) is 0 Å². The summed E-state index contributed by atoms with van der Waals surface area (Å²) in [5.74, 6) is 0.846. The molecule has 1 amide bonds. The molecule has 4 heterocycles. The number of likely N-dealkylation sites (N-methyl/N-ethyl adjacent to an activating group) is 1. The smallest absolute Gasteiger partial charge is 0.255 e. The van der Waals surface area contributed by atoms with Gasteiger partial charge in [-0.3, -0.25) is 9.78 Å². The van der Waals surface area contributed by atoms with Gasteiger partial charge in [0.1, 0.15) is 11.6 Å². The molecular formula is C19H22FN7O. The summed E-state index contributed by atoms with van der Waals surface area (Å²) >= 11 is 0. The van der Waals surface area contributed by atoms with Crippen LogP contribution in [0.4, 0.5) is 10.2 Å². The molecule has 0 atom stereocenters. The second-order valence-electron chi connectivity index (χ2n) is 8.10. The van der Waals surface area contributed by atoms with E-state index in [1.165, 1.54) is 12.3 Å². The van der Waals surface area contributed by atoms with Crippen molar-refractivity contribution >= 4 is 17.4 Å². The number of hydrogen-bond acceptors (Lipinski definition) is 6. The molecule has 146 valence electrons. The molecule has 28 heavy (non-hydrogen) atoms. The molecule has 1 aliphatic heterocycles. The molecule has 0 aromatic carbocycles. The molecule has 0 N–H and O–H groups in total. The highest BCUT2D eigenvalue weighted by molar-refractivity contribution is 5.94. The lowest BCUT2D eigenvalue weighted by Gasteiger charge is -2.44. The zero-order valence-corrected chi connectivity index (χ0v) is 16.3. The molecule has 0 radical (unpaired) electrons. The molecule has 9 heteroatoms. The van der Waals surface area contributed by atoms with Gasteiger partial charge in [-0.1, -0.05) is 20.8 Å². The third-order valence-electron chi connectivity index (χ3n) is 4.93. The van der Waals surface area contributed by atoms with Crippen LogP contribution in [0.25, 0.3) is 5.65 Å². The molecule has 3 aromatic heterocycles. The van der Waals surface area contributed by atoms with E-state index in [1.54, 1.807) is 16.5 Å². The van der Waals surface area contributed by atoms with Crippen molar-refractivity contribution in [2.24, 2.45) is 0 Å². The van der Waals surface area contributed by atoms with Crippen LogP contribution >= 0.6 is 0 Å². The van der Waals surface area contributed by atoms with Crippen LogP contribution in [0.15, 0.2) is 30.6 Å². The molecular weight excluding hydrogens is 361 g/mol. The third-order valence-corrected chi connectivity index (χ3v) is 4.93. The zero-order chi connectivity index (χ0) is 20.1. The normalized spacial score (nSPS) is 15.0. The standard InChI is InChI=1S/C19H22FN7O/c1-19(2,3)18-23-22-15-5-6-16(24-27(15)18)26-10-14(11-26)25(4)17(28)12-7-13(20)9-21-8-12/h5-9,14H,10-11H2,1-4H3. The van der Waals surface area contributed by atoms with Crippen molar-refractivity contribution in [1.29, 1.82) is 0 Å². The first-order valence-corrected chi connectivity index (χ1v) is 9.09. The Labute approximate surface area is 162 Å².